The molecule has 2 aliphatic heterocycles. The van der Waals surface area contributed by atoms with E-state index in [0.29, 0.717) is 29.4 Å². The minimum Gasteiger partial charge on any atom is -0.396 e. The summed E-state index contributed by atoms with van der Waals surface area (Å²) >= 11 is 0. The number of hydrogen-bond acceptors (Lipinski definition) is 3. The number of aliphatic hydroxyl groups excluding tert-OH is 1. The predicted molar refractivity (Wildman–Crippen MR) is 89.6 cm³/mol. The van der Waals surface area contributed by atoms with Crippen LogP contribution in [0.5, 0.6) is 0 Å². The quantitative estimate of drug-likeness (QED) is 0.883. The number of alkyl halides is 3. The predicted octanol–water partition coefficient (Wildman–Crippen LogP) is 2.79. The third-order valence-corrected chi connectivity index (χ3v) is 5.99. The summed E-state index contributed by atoms with van der Waals surface area (Å²) < 4.78 is 39.1. The van der Waals surface area contributed by atoms with Crippen molar-refractivity contribution >= 4 is 5.91 Å². The van der Waals surface area contributed by atoms with Gasteiger partial charge in [0.2, 0.25) is 5.91 Å². The van der Waals surface area contributed by atoms with Crippen molar-refractivity contribution in [2.45, 2.75) is 64.7 Å². The number of aryl methyl sites for hydroxylation is 1. The van der Waals surface area contributed by atoms with Crippen LogP contribution in [0.4, 0.5) is 13.2 Å². The smallest absolute Gasteiger partial charge is 0.396 e. The zero-order chi connectivity index (χ0) is 19.2. The van der Waals surface area contributed by atoms with Crippen LogP contribution < -0.4 is 0 Å². The number of rotatable bonds is 4. The first-order chi connectivity index (χ1) is 12.1. The monoisotopic (exact) mass is 373 g/mol. The Morgan fingerprint density at radius 1 is 1.35 bits per heavy atom. The second-order valence-corrected chi connectivity index (χ2v) is 7.76. The van der Waals surface area contributed by atoms with Crippen LogP contribution in [0.1, 0.15) is 49.1 Å². The zero-order valence-corrected chi connectivity index (χ0v) is 15.4. The summed E-state index contributed by atoms with van der Waals surface area (Å²) in [5.74, 6) is -0.108. The molecule has 1 N–H and O–H groups in total. The van der Waals surface area contributed by atoms with Crippen molar-refractivity contribution < 1.29 is 23.1 Å². The summed E-state index contributed by atoms with van der Waals surface area (Å²) in [4.78, 5) is 15.0. The number of hydrogen-bond donors (Lipinski definition) is 1. The lowest BCUT2D eigenvalue weighted by molar-refractivity contribution is -0.144. The number of halogens is 3. The maximum atomic E-state index is 13.1. The van der Waals surface area contributed by atoms with E-state index >= 15 is 0 Å². The highest BCUT2D eigenvalue weighted by Crippen LogP contribution is 2.40. The molecule has 0 aromatic carbocycles. The molecular weight excluding hydrogens is 347 g/mol. The Bertz CT molecular complexity index is 686. The van der Waals surface area contributed by atoms with Gasteiger partial charge in [0.1, 0.15) is 6.54 Å². The molecule has 4 unspecified atom stereocenters. The molecule has 4 atom stereocenters. The lowest BCUT2D eigenvalue weighted by atomic mass is 9.72. The third-order valence-electron chi connectivity index (χ3n) is 5.99. The molecule has 2 saturated heterocycles. The first kappa shape index (κ1) is 19.2. The van der Waals surface area contributed by atoms with Crippen molar-refractivity contribution in [3.05, 3.63) is 17.0 Å². The molecule has 0 radical (unpaired) electrons. The molecule has 8 heteroatoms. The summed E-state index contributed by atoms with van der Waals surface area (Å²) in [5, 5.41) is 13.6. The van der Waals surface area contributed by atoms with Gasteiger partial charge in [-0.05, 0) is 46.0 Å². The fourth-order valence-corrected chi connectivity index (χ4v) is 4.82. The lowest BCUT2D eigenvalue weighted by Crippen LogP contribution is -2.57. The molecule has 5 nitrogen and oxygen atoms in total. The van der Waals surface area contributed by atoms with Gasteiger partial charge in [-0.15, -0.1) is 0 Å². The van der Waals surface area contributed by atoms with Gasteiger partial charge >= 0.3 is 6.18 Å². The number of carbonyl (C=O) groups excluding carboxylic acids is 1. The second-order valence-electron chi connectivity index (χ2n) is 7.76. The molecule has 0 spiro atoms. The van der Waals surface area contributed by atoms with E-state index in [4.69, 9.17) is 0 Å². The molecule has 1 saturated carbocycles. The van der Waals surface area contributed by atoms with Crippen molar-refractivity contribution in [1.29, 1.82) is 0 Å². The lowest BCUT2D eigenvalue weighted by Gasteiger charge is -2.50. The molecule has 3 aliphatic rings. The molecule has 1 aromatic rings. The normalized spacial score (nSPS) is 27.0. The highest BCUT2D eigenvalue weighted by molar-refractivity contribution is 5.84. The van der Waals surface area contributed by atoms with E-state index in [9.17, 15) is 23.1 Å². The zero-order valence-electron chi connectivity index (χ0n) is 15.4. The largest absolute Gasteiger partial charge is 0.408 e. The van der Waals surface area contributed by atoms with Crippen molar-refractivity contribution in [3.63, 3.8) is 0 Å². The third kappa shape index (κ3) is 3.48. The fraction of sp³-hybridized carbons (Fsp3) is 0.778. The minimum absolute atomic E-state index is 0.0331. The molecule has 2 bridgehead atoms. The average Bonchev–Trinajstić information content (AvgIpc) is 2.85. The maximum Gasteiger partial charge on any atom is 0.408 e. The van der Waals surface area contributed by atoms with E-state index in [2.05, 4.69) is 5.10 Å². The maximum absolute atomic E-state index is 13.1. The number of carbonyl (C=O) groups is 1. The van der Waals surface area contributed by atoms with Gasteiger partial charge in [0.25, 0.3) is 0 Å². The molecule has 1 amide bonds. The Hall–Kier alpha value is -1.57. The van der Waals surface area contributed by atoms with E-state index in [-0.39, 0.29) is 24.5 Å². The van der Waals surface area contributed by atoms with Gasteiger partial charge in [-0.2, -0.15) is 18.3 Å². The molecule has 1 aromatic heterocycles. The summed E-state index contributed by atoms with van der Waals surface area (Å²) in [7, 11) is 0. The fourth-order valence-electron chi connectivity index (χ4n) is 4.82. The van der Waals surface area contributed by atoms with Crippen molar-refractivity contribution in [2.75, 3.05) is 13.2 Å². The van der Waals surface area contributed by atoms with Gasteiger partial charge in [-0.3, -0.25) is 9.48 Å². The Labute approximate surface area is 151 Å². The molecule has 26 heavy (non-hydrogen) atoms. The van der Waals surface area contributed by atoms with Gasteiger partial charge in [-0.1, -0.05) is 0 Å². The van der Waals surface area contributed by atoms with Gasteiger partial charge in [0, 0.05) is 36.4 Å². The molecular formula is C18H26F3N3O2. The summed E-state index contributed by atoms with van der Waals surface area (Å²) in [6.07, 6.45) is -1.45. The summed E-state index contributed by atoms with van der Waals surface area (Å²) in [6.45, 7) is 4.58. The van der Waals surface area contributed by atoms with Crippen LogP contribution in [0.15, 0.2) is 0 Å². The topological polar surface area (TPSA) is 58.4 Å². The number of aromatic nitrogens is 2. The summed E-state index contributed by atoms with van der Waals surface area (Å²) in [5.41, 5.74) is 1.44. The molecule has 4 rings (SSSR count). The van der Waals surface area contributed by atoms with Gasteiger partial charge in [0.05, 0.1) is 11.6 Å². The van der Waals surface area contributed by atoms with Crippen molar-refractivity contribution in [2.24, 2.45) is 11.8 Å². The number of amides is 1. The van der Waals surface area contributed by atoms with E-state index in [1.54, 1.807) is 20.8 Å². The average molecular weight is 373 g/mol. The van der Waals surface area contributed by atoms with Crippen LogP contribution in [-0.4, -0.2) is 51.1 Å². The van der Waals surface area contributed by atoms with Crippen molar-refractivity contribution in [3.8, 4) is 0 Å². The number of aliphatic hydroxyl groups is 1. The van der Waals surface area contributed by atoms with Crippen LogP contribution in [0.25, 0.3) is 0 Å². The number of nitrogens with zero attached hydrogens (tertiary/aromatic N) is 3. The van der Waals surface area contributed by atoms with Crippen molar-refractivity contribution in [1.82, 2.24) is 14.7 Å². The number of piperidine rings is 2. The SMILES string of the molecule is Cc1nn(CC(F)(F)F)c(C)c1C(C)C(=O)N1CC2CCC1C(CO)C2. The van der Waals surface area contributed by atoms with E-state index in [1.807, 2.05) is 4.90 Å². The number of fused-ring (bicyclic) bond motifs is 3. The second kappa shape index (κ2) is 6.87. The summed E-state index contributed by atoms with van der Waals surface area (Å²) in [6, 6.07) is 0.0331. The Morgan fingerprint density at radius 2 is 2.04 bits per heavy atom. The Kier molecular flexibility index (Phi) is 5.07. The van der Waals surface area contributed by atoms with Crippen LogP contribution in [-0.2, 0) is 11.3 Å². The molecule has 146 valence electrons. The van der Waals surface area contributed by atoms with Crippen LogP contribution in [0.3, 0.4) is 0 Å². The standard InChI is InChI=1S/C18H26F3N3O2/c1-10(16-11(2)22-24(12(16)3)9-18(19,20)21)17(26)23-7-13-4-5-15(23)14(6-13)8-25/h10,13-15,25H,4-9H2,1-3H3. The van der Waals surface area contributed by atoms with Gasteiger partial charge in [-0.25, -0.2) is 0 Å². The first-order valence-electron chi connectivity index (χ1n) is 9.14. The van der Waals surface area contributed by atoms with E-state index in [1.165, 1.54) is 0 Å². The Balaban J connectivity index is 1.83. The van der Waals surface area contributed by atoms with E-state index < -0.39 is 18.6 Å². The van der Waals surface area contributed by atoms with Crippen LogP contribution in [0, 0.1) is 25.7 Å². The van der Waals surface area contributed by atoms with Gasteiger partial charge in [0.15, 0.2) is 0 Å². The minimum atomic E-state index is -4.35. The highest BCUT2D eigenvalue weighted by atomic mass is 19.4. The molecule has 1 aliphatic carbocycles. The van der Waals surface area contributed by atoms with Crippen LogP contribution in [0.2, 0.25) is 0 Å². The van der Waals surface area contributed by atoms with Crippen LogP contribution >= 0.6 is 0 Å². The highest BCUT2D eigenvalue weighted by Gasteiger charge is 2.44. The molecule has 3 heterocycles. The Morgan fingerprint density at radius 3 is 2.62 bits per heavy atom. The first-order valence-corrected chi connectivity index (χ1v) is 9.14. The molecule has 3 fully saturated rings. The van der Waals surface area contributed by atoms with Gasteiger partial charge < -0.3 is 10.0 Å². The van der Waals surface area contributed by atoms with E-state index in [0.717, 1.165) is 23.9 Å².